The molecule has 4 nitrogen and oxygen atoms in total. The molecule has 0 fully saturated rings. The molecule has 1 N–H and O–H groups in total. The summed E-state index contributed by atoms with van der Waals surface area (Å²) in [5, 5.41) is 10.3. The number of unbranched alkanes of at least 4 members (excludes halogenated alkanes) is 1. The summed E-state index contributed by atoms with van der Waals surface area (Å²) < 4.78 is 19.2. The van der Waals surface area contributed by atoms with Crippen LogP contribution in [0.3, 0.4) is 0 Å². The Hall–Kier alpha value is -2.66. The summed E-state index contributed by atoms with van der Waals surface area (Å²) in [6.07, 6.45) is 3.66. The Morgan fingerprint density at radius 1 is 1.27 bits per heavy atom. The molecule has 1 aliphatic heterocycles. The molecule has 2 aromatic rings. The summed E-state index contributed by atoms with van der Waals surface area (Å²) in [6, 6.07) is 9.05. The summed E-state index contributed by atoms with van der Waals surface area (Å²) in [7, 11) is 1.97. The van der Waals surface area contributed by atoms with Crippen LogP contribution in [0.2, 0.25) is 0 Å². The van der Waals surface area contributed by atoms with E-state index in [0.29, 0.717) is 29.0 Å². The average molecular weight is 355 g/mol. The van der Waals surface area contributed by atoms with Crippen LogP contribution in [0.1, 0.15) is 41.3 Å². The predicted octanol–water partition coefficient (Wildman–Crippen LogP) is 4.38. The quantitative estimate of drug-likeness (QED) is 0.781. The minimum Gasteiger partial charge on any atom is -0.507 e. The highest BCUT2D eigenvalue weighted by Gasteiger charge is 2.31. The molecular weight excluding hydrogens is 333 g/mol. The summed E-state index contributed by atoms with van der Waals surface area (Å²) in [6.45, 7) is 3.49. The summed E-state index contributed by atoms with van der Waals surface area (Å²) in [5.74, 6) is -0.0125. The van der Waals surface area contributed by atoms with Gasteiger partial charge in [0.1, 0.15) is 17.3 Å². The molecule has 0 amide bonds. The van der Waals surface area contributed by atoms with Crippen LogP contribution in [0.25, 0.3) is 6.08 Å². The Labute approximate surface area is 152 Å². The molecule has 0 bridgehead atoms. The summed E-state index contributed by atoms with van der Waals surface area (Å²) in [4.78, 5) is 14.7. The van der Waals surface area contributed by atoms with Gasteiger partial charge in [-0.3, -0.25) is 4.79 Å². The van der Waals surface area contributed by atoms with E-state index in [1.165, 1.54) is 24.3 Å². The second-order valence-electron chi connectivity index (χ2n) is 6.53. The van der Waals surface area contributed by atoms with Crippen LogP contribution in [0.4, 0.5) is 4.39 Å². The van der Waals surface area contributed by atoms with Crippen LogP contribution in [0, 0.1) is 5.82 Å². The number of ketones is 1. The molecule has 5 heteroatoms. The van der Waals surface area contributed by atoms with Gasteiger partial charge < -0.3 is 14.7 Å². The van der Waals surface area contributed by atoms with E-state index in [4.69, 9.17) is 4.74 Å². The minimum absolute atomic E-state index is 0.104. The van der Waals surface area contributed by atoms with E-state index in [-0.39, 0.29) is 23.1 Å². The lowest BCUT2D eigenvalue weighted by atomic mass is 10.0. The van der Waals surface area contributed by atoms with Crippen LogP contribution < -0.4 is 4.74 Å². The van der Waals surface area contributed by atoms with Gasteiger partial charge in [0.25, 0.3) is 0 Å². The molecule has 0 atom stereocenters. The molecule has 0 saturated heterocycles. The maximum absolute atomic E-state index is 13.4. The average Bonchev–Trinajstić information content (AvgIpc) is 2.92. The van der Waals surface area contributed by atoms with E-state index in [1.54, 1.807) is 18.2 Å². The van der Waals surface area contributed by atoms with Gasteiger partial charge in [-0.1, -0.05) is 25.5 Å². The second-order valence-corrected chi connectivity index (χ2v) is 6.53. The molecule has 0 spiro atoms. The fraction of sp³-hybridized carbons (Fsp3) is 0.286. The van der Waals surface area contributed by atoms with Crippen molar-refractivity contribution in [2.75, 3.05) is 13.6 Å². The first-order valence-electron chi connectivity index (χ1n) is 8.72. The minimum atomic E-state index is -0.377. The fourth-order valence-corrected chi connectivity index (χ4v) is 2.97. The lowest BCUT2D eigenvalue weighted by Gasteiger charge is -2.18. The van der Waals surface area contributed by atoms with E-state index in [2.05, 4.69) is 11.8 Å². The van der Waals surface area contributed by atoms with Gasteiger partial charge in [-0.2, -0.15) is 0 Å². The molecule has 0 saturated carbocycles. The van der Waals surface area contributed by atoms with Crippen molar-refractivity contribution in [2.24, 2.45) is 0 Å². The normalized spacial score (nSPS) is 14.8. The highest BCUT2D eigenvalue weighted by atomic mass is 19.1. The van der Waals surface area contributed by atoms with Gasteiger partial charge >= 0.3 is 0 Å². The molecular formula is C21H22FNO3. The fourth-order valence-electron chi connectivity index (χ4n) is 2.97. The number of Topliss-reactive ketones (excluding diaryl/α,β-unsaturated/α-hetero) is 1. The van der Waals surface area contributed by atoms with E-state index >= 15 is 0 Å². The highest BCUT2D eigenvalue weighted by molar-refractivity contribution is 6.15. The maximum atomic E-state index is 13.4. The van der Waals surface area contributed by atoms with Gasteiger partial charge in [0, 0.05) is 6.54 Å². The number of ether oxygens (including phenoxy) is 1. The standard InChI is InChI=1S/C21H22FNO3/c1-3-4-10-23(2)13-17-18(24)9-8-16-20(25)19(26-21(16)17)12-14-6-5-7-15(22)11-14/h5-9,11-12,24H,3-4,10,13H2,1-2H3/b19-12-. The van der Waals surface area contributed by atoms with Crippen molar-refractivity contribution in [3.8, 4) is 11.5 Å². The molecule has 0 radical (unpaired) electrons. The number of carbonyl (C=O) groups is 1. The molecule has 0 aromatic heterocycles. The molecule has 26 heavy (non-hydrogen) atoms. The van der Waals surface area contributed by atoms with Crippen LogP contribution in [0.15, 0.2) is 42.2 Å². The van der Waals surface area contributed by atoms with E-state index < -0.39 is 0 Å². The summed E-state index contributed by atoms with van der Waals surface area (Å²) >= 11 is 0. The van der Waals surface area contributed by atoms with Gasteiger partial charge in [0.2, 0.25) is 5.78 Å². The number of nitrogens with zero attached hydrogens (tertiary/aromatic N) is 1. The van der Waals surface area contributed by atoms with Crippen molar-refractivity contribution in [3.63, 3.8) is 0 Å². The Balaban J connectivity index is 1.90. The third kappa shape index (κ3) is 3.78. The van der Waals surface area contributed by atoms with Gasteiger partial charge in [-0.05, 0) is 55.9 Å². The highest BCUT2D eigenvalue weighted by Crippen LogP contribution is 2.40. The number of phenols is 1. The van der Waals surface area contributed by atoms with Crippen LogP contribution in [0.5, 0.6) is 11.5 Å². The zero-order chi connectivity index (χ0) is 18.7. The largest absolute Gasteiger partial charge is 0.507 e. The van der Waals surface area contributed by atoms with Crippen LogP contribution in [-0.2, 0) is 6.54 Å². The topological polar surface area (TPSA) is 49.8 Å². The second kappa shape index (κ2) is 7.70. The number of halogens is 1. The van der Waals surface area contributed by atoms with E-state index in [1.807, 2.05) is 7.05 Å². The van der Waals surface area contributed by atoms with Crippen LogP contribution in [-0.4, -0.2) is 29.4 Å². The first-order valence-corrected chi connectivity index (χ1v) is 8.72. The smallest absolute Gasteiger partial charge is 0.231 e. The SMILES string of the molecule is CCCCN(C)Cc1c(O)ccc2c1O/C(=C\c1cccc(F)c1)C2=O. The molecule has 0 aliphatic carbocycles. The third-order valence-electron chi connectivity index (χ3n) is 4.38. The molecule has 1 heterocycles. The number of hydrogen-bond acceptors (Lipinski definition) is 4. The van der Waals surface area contributed by atoms with E-state index in [9.17, 15) is 14.3 Å². The number of phenolic OH excluding ortho intramolecular Hbond substituents is 1. The van der Waals surface area contributed by atoms with Crippen molar-refractivity contribution < 1.29 is 19.0 Å². The third-order valence-corrected chi connectivity index (χ3v) is 4.38. The van der Waals surface area contributed by atoms with Crippen molar-refractivity contribution >= 4 is 11.9 Å². The van der Waals surface area contributed by atoms with Gasteiger partial charge in [-0.15, -0.1) is 0 Å². The number of fused-ring (bicyclic) bond motifs is 1. The Kier molecular flexibility index (Phi) is 5.38. The summed E-state index contributed by atoms with van der Waals surface area (Å²) in [5.41, 5.74) is 1.56. The Morgan fingerprint density at radius 2 is 2.08 bits per heavy atom. The Bertz CT molecular complexity index is 860. The van der Waals surface area contributed by atoms with Crippen LogP contribution >= 0.6 is 0 Å². The first-order chi connectivity index (χ1) is 12.5. The molecule has 136 valence electrons. The van der Waals surface area contributed by atoms with Crippen molar-refractivity contribution in [3.05, 3.63) is 64.7 Å². The molecule has 0 unspecified atom stereocenters. The van der Waals surface area contributed by atoms with Gasteiger partial charge in [0.05, 0.1) is 11.1 Å². The number of allylic oxidation sites excluding steroid dienone is 1. The van der Waals surface area contributed by atoms with E-state index in [0.717, 1.165) is 19.4 Å². The first kappa shape index (κ1) is 18.1. The molecule has 3 rings (SSSR count). The van der Waals surface area contributed by atoms with Gasteiger partial charge in [-0.25, -0.2) is 4.39 Å². The monoisotopic (exact) mass is 355 g/mol. The van der Waals surface area contributed by atoms with Crippen molar-refractivity contribution in [2.45, 2.75) is 26.3 Å². The number of carbonyl (C=O) groups excluding carboxylic acids is 1. The zero-order valence-corrected chi connectivity index (χ0v) is 15.0. The van der Waals surface area contributed by atoms with Crippen molar-refractivity contribution in [1.82, 2.24) is 4.90 Å². The lowest BCUT2D eigenvalue weighted by molar-refractivity contribution is 0.101. The number of rotatable bonds is 6. The Morgan fingerprint density at radius 3 is 2.81 bits per heavy atom. The molecule has 2 aromatic carbocycles. The number of benzene rings is 2. The van der Waals surface area contributed by atoms with Crippen molar-refractivity contribution in [1.29, 1.82) is 0 Å². The predicted molar refractivity (Wildman–Crippen MR) is 98.7 cm³/mol. The molecule has 1 aliphatic rings. The maximum Gasteiger partial charge on any atom is 0.231 e. The van der Waals surface area contributed by atoms with Gasteiger partial charge in [0.15, 0.2) is 5.76 Å². The zero-order valence-electron chi connectivity index (χ0n) is 15.0. The number of aromatic hydroxyl groups is 1. The number of hydrogen-bond donors (Lipinski definition) is 1. The lowest BCUT2D eigenvalue weighted by Crippen LogP contribution is -2.19.